The summed E-state index contributed by atoms with van der Waals surface area (Å²) in [5.41, 5.74) is 34.4. The predicted octanol–water partition coefficient (Wildman–Crippen LogP) is 29.1. The van der Waals surface area contributed by atoms with E-state index in [-0.39, 0.29) is 0 Å². The molecule has 0 bridgehead atoms. The van der Waals surface area contributed by atoms with Crippen molar-refractivity contribution in [3.05, 3.63) is 441 Å². The predicted molar refractivity (Wildman–Crippen MR) is 489 cm³/mol. The van der Waals surface area contributed by atoms with Crippen LogP contribution in [0, 0.1) is 0 Å². The van der Waals surface area contributed by atoms with Gasteiger partial charge in [0.15, 0.2) is 11.6 Å². The maximum atomic E-state index is 5.20. The van der Waals surface area contributed by atoms with E-state index >= 15 is 0 Å². The first-order valence-electron chi connectivity index (χ1n) is 39.4. The van der Waals surface area contributed by atoms with Gasteiger partial charge in [0, 0.05) is 122 Å². The molecule has 0 saturated heterocycles. The summed E-state index contributed by atoms with van der Waals surface area (Å²) in [6.45, 7) is 0. The SMILES string of the molecule is Brc1cccc(-c2cc(-c3ccccc3)nc(-c3ccccc3)n2)c1.c1ccc(-c2cc(-c3cccc(N4c5ccccc5-c5c(n(-c6ccccc6)c6c(-c7ccccc7)cccc56)-c5ccccc54)c3)nc(-c3ccccc3)n2)cc1.c1ccc(-c2cccc3c4c(n(-c5ccccc5)c23)-c2ccccc2Nc2ccccc2-4)cc1. The molecular formula is C108H73BrN8. The minimum Gasteiger partial charge on any atom is -0.354 e. The molecule has 2 aliphatic rings. The molecule has 22 rings (SSSR count). The fourth-order valence-electron chi connectivity index (χ4n) is 16.6. The second kappa shape index (κ2) is 31.4. The Balaban J connectivity index is 0.000000126. The van der Waals surface area contributed by atoms with Crippen LogP contribution in [-0.2, 0) is 0 Å². The third-order valence-corrected chi connectivity index (χ3v) is 22.3. The van der Waals surface area contributed by atoms with Crippen LogP contribution in [0.5, 0.6) is 0 Å². The van der Waals surface area contributed by atoms with E-state index in [1.807, 2.05) is 91.0 Å². The quantitative estimate of drug-likeness (QED) is 0.139. The fourth-order valence-corrected chi connectivity index (χ4v) is 17.0. The molecule has 117 heavy (non-hydrogen) atoms. The van der Waals surface area contributed by atoms with Gasteiger partial charge >= 0.3 is 0 Å². The second-order valence-electron chi connectivity index (χ2n) is 29.0. The minimum absolute atomic E-state index is 0.697. The summed E-state index contributed by atoms with van der Waals surface area (Å²) >= 11 is 3.54. The largest absolute Gasteiger partial charge is 0.354 e. The third-order valence-electron chi connectivity index (χ3n) is 21.8. The fraction of sp³-hybridized carbons (Fsp3) is 0. The number of hydrogen-bond donors (Lipinski definition) is 1. The van der Waals surface area contributed by atoms with Crippen molar-refractivity contribution in [3.8, 4) is 146 Å². The van der Waals surface area contributed by atoms with E-state index in [4.69, 9.17) is 19.9 Å². The van der Waals surface area contributed by atoms with Gasteiger partial charge in [0.25, 0.3) is 0 Å². The molecule has 0 amide bonds. The summed E-state index contributed by atoms with van der Waals surface area (Å²) in [6.07, 6.45) is 0. The lowest BCUT2D eigenvalue weighted by Gasteiger charge is -2.28. The third kappa shape index (κ3) is 13.6. The first kappa shape index (κ1) is 70.9. The molecule has 0 aliphatic carbocycles. The van der Waals surface area contributed by atoms with Gasteiger partial charge in [0.2, 0.25) is 0 Å². The van der Waals surface area contributed by atoms with Gasteiger partial charge in [-0.2, -0.15) is 0 Å². The van der Waals surface area contributed by atoms with Crippen LogP contribution in [0.1, 0.15) is 0 Å². The molecule has 0 spiro atoms. The Hall–Kier alpha value is -15.2. The Morgan fingerprint density at radius 1 is 0.222 bits per heavy atom. The van der Waals surface area contributed by atoms with Crippen LogP contribution < -0.4 is 10.2 Å². The number of hydrogen-bond acceptors (Lipinski definition) is 6. The zero-order valence-corrected chi connectivity index (χ0v) is 65.2. The van der Waals surface area contributed by atoms with Gasteiger partial charge in [-0.3, -0.25) is 0 Å². The van der Waals surface area contributed by atoms with E-state index in [0.717, 1.165) is 112 Å². The average Bonchev–Trinajstić information content (AvgIpc) is 1.54. The van der Waals surface area contributed by atoms with Crippen molar-refractivity contribution in [2.45, 2.75) is 0 Å². The van der Waals surface area contributed by atoms with Gasteiger partial charge in [-0.25, -0.2) is 19.9 Å². The number of anilines is 5. The van der Waals surface area contributed by atoms with Crippen molar-refractivity contribution in [1.82, 2.24) is 29.1 Å². The molecule has 1 N–H and O–H groups in total. The summed E-state index contributed by atoms with van der Waals surface area (Å²) in [5.74, 6) is 1.43. The lowest BCUT2D eigenvalue weighted by atomic mass is 9.96. The molecule has 8 nitrogen and oxygen atoms in total. The van der Waals surface area contributed by atoms with Crippen molar-refractivity contribution in [2.24, 2.45) is 0 Å². The Bertz CT molecular complexity index is 6900. The highest BCUT2D eigenvalue weighted by molar-refractivity contribution is 9.10. The summed E-state index contributed by atoms with van der Waals surface area (Å²) < 4.78 is 5.97. The first-order valence-corrected chi connectivity index (χ1v) is 40.2. The van der Waals surface area contributed by atoms with E-state index in [1.165, 1.54) is 83.3 Å². The van der Waals surface area contributed by atoms with Crippen molar-refractivity contribution in [1.29, 1.82) is 0 Å². The Kier molecular flexibility index (Phi) is 19.0. The van der Waals surface area contributed by atoms with Crippen molar-refractivity contribution >= 4 is 66.2 Å². The van der Waals surface area contributed by atoms with Crippen LogP contribution in [0.3, 0.4) is 0 Å². The van der Waals surface area contributed by atoms with Gasteiger partial charge in [-0.15, -0.1) is 0 Å². The number of fused-ring (bicyclic) bond motifs is 14. The van der Waals surface area contributed by atoms with Crippen LogP contribution in [0.2, 0.25) is 0 Å². The lowest BCUT2D eigenvalue weighted by Crippen LogP contribution is -2.11. The summed E-state index contributed by atoms with van der Waals surface area (Å²) in [7, 11) is 0. The zero-order chi connectivity index (χ0) is 78.0. The summed E-state index contributed by atoms with van der Waals surface area (Å²) in [4.78, 5) is 22.3. The first-order chi connectivity index (χ1) is 58.0. The Labute approximate surface area is 688 Å². The Morgan fingerprint density at radius 2 is 0.538 bits per heavy atom. The molecule has 20 aromatic rings. The van der Waals surface area contributed by atoms with Gasteiger partial charge in [0.05, 0.1) is 56.6 Å². The van der Waals surface area contributed by atoms with Crippen LogP contribution in [-0.4, -0.2) is 29.1 Å². The average molecular weight is 1560 g/mol. The molecule has 6 heterocycles. The molecule has 0 atom stereocenters. The van der Waals surface area contributed by atoms with Crippen molar-refractivity contribution < 1.29 is 0 Å². The Morgan fingerprint density at radius 3 is 1.02 bits per heavy atom. The summed E-state index contributed by atoms with van der Waals surface area (Å²) in [5, 5.41) is 6.18. The molecule has 0 radical (unpaired) electrons. The molecule has 9 heteroatoms. The number of nitrogens with one attached hydrogen (secondary N) is 1. The van der Waals surface area contributed by atoms with E-state index in [9.17, 15) is 0 Å². The van der Waals surface area contributed by atoms with E-state index in [1.54, 1.807) is 0 Å². The lowest BCUT2D eigenvalue weighted by molar-refractivity contribution is 1.13. The number of halogens is 1. The van der Waals surface area contributed by atoms with Crippen molar-refractivity contribution in [2.75, 3.05) is 10.2 Å². The zero-order valence-electron chi connectivity index (χ0n) is 63.6. The monoisotopic (exact) mass is 1560 g/mol. The number of para-hydroxylation sites is 8. The highest BCUT2D eigenvalue weighted by Gasteiger charge is 2.34. The minimum atomic E-state index is 0.697. The number of benzene rings is 16. The van der Waals surface area contributed by atoms with Gasteiger partial charge in [-0.05, 0) is 96.1 Å². The molecule has 0 fully saturated rings. The van der Waals surface area contributed by atoms with E-state index < -0.39 is 0 Å². The maximum Gasteiger partial charge on any atom is 0.160 e. The highest BCUT2D eigenvalue weighted by Crippen LogP contribution is 2.57. The smallest absolute Gasteiger partial charge is 0.160 e. The van der Waals surface area contributed by atoms with Gasteiger partial charge in [0.1, 0.15) is 0 Å². The molecular weight excluding hydrogens is 1490 g/mol. The van der Waals surface area contributed by atoms with E-state index in [0.29, 0.717) is 5.82 Å². The molecule has 0 saturated carbocycles. The number of aromatic nitrogens is 6. The van der Waals surface area contributed by atoms with Crippen LogP contribution in [0.4, 0.5) is 28.4 Å². The van der Waals surface area contributed by atoms with Gasteiger partial charge in [-0.1, -0.05) is 368 Å². The van der Waals surface area contributed by atoms with Gasteiger partial charge < -0.3 is 19.4 Å². The molecule has 2 aliphatic heterocycles. The molecule has 16 aromatic carbocycles. The van der Waals surface area contributed by atoms with E-state index in [2.05, 4.69) is 381 Å². The molecule has 4 aromatic heterocycles. The summed E-state index contributed by atoms with van der Waals surface area (Å²) in [6, 6.07) is 153. The normalized spacial score (nSPS) is 11.5. The molecule has 0 unspecified atom stereocenters. The number of rotatable bonds is 11. The standard InChI is InChI=1S/C54H36N4.C32H22N2.C22H15BrN2/c1-5-19-37(20-6-1)43-31-18-32-46-51-44-29-13-15-33-49(44)57(50-34-16-14-30-45(50)53(51)58(52(43)46)41-26-11-4-12-27-41)42-28-17-25-40(35-42)48-36-47(38-21-7-2-8-22-38)55-54(56-48)39-23-9-3-10-24-39;1-3-12-22(13-4-1)24-18-11-19-27-30-25-16-7-9-20-28(25)33-29-21-10-8-17-26(29)32(30)34(31(24)27)23-14-5-2-6-15-23;23-19-13-7-12-18(14-19)21-15-20(16-8-3-1-4-9-16)24-22(25-21)17-10-5-2-6-11-17/h1-36H;1-21,33H;1-15H. The maximum absolute atomic E-state index is 5.20. The topological polar surface area (TPSA) is 76.7 Å². The molecule has 552 valence electrons. The van der Waals surface area contributed by atoms with Crippen LogP contribution >= 0.6 is 15.9 Å². The van der Waals surface area contributed by atoms with Crippen molar-refractivity contribution in [3.63, 3.8) is 0 Å². The van der Waals surface area contributed by atoms with Crippen LogP contribution in [0.15, 0.2) is 441 Å². The van der Waals surface area contributed by atoms with Crippen LogP contribution in [0.25, 0.3) is 168 Å². The second-order valence-corrected chi connectivity index (χ2v) is 29.9. The number of nitrogens with zero attached hydrogens (tertiary/aromatic N) is 7. The highest BCUT2D eigenvalue weighted by atomic mass is 79.9.